The Morgan fingerprint density at radius 2 is 2.12 bits per heavy atom. The highest BCUT2D eigenvalue weighted by molar-refractivity contribution is 7.99. The first-order chi connectivity index (χ1) is 7.81. The van der Waals surface area contributed by atoms with Crippen LogP contribution in [0.5, 0.6) is 0 Å². The van der Waals surface area contributed by atoms with Gasteiger partial charge in [0.05, 0.1) is 0 Å². The lowest BCUT2D eigenvalue weighted by molar-refractivity contribution is -0.125. The van der Waals surface area contributed by atoms with Crippen LogP contribution in [0.3, 0.4) is 0 Å². The molecule has 0 aliphatic carbocycles. The SMILES string of the molecule is NNC(=O)C1CCSC(c2ccccc2)C1. The molecule has 1 fully saturated rings. The van der Waals surface area contributed by atoms with Gasteiger partial charge in [0.2, 0.25) is 5.91 Å². The van der Waals surface area contributed by atoms with E-state index in [4.69, 9.17) is 5.84 Å². The molecule has 1 aliphatic heterocycles. The van der Waals surface area contributed by atoms with Gasteiger partial charge in [-0.15, -0.1) is 0 Å². The van der Waals surface area contributed by atoms with Crippen molar-refractivity contribution in [2.75, 3.05) is 5.75 Å². The van der Waals surface area contributed by atoms with Gasteiger partial charge in [-0.05, 0) is 24.2 Å². The summed E-state index contributed by atoms with van der Waals surface area (Å²) < 4.78 is 0. The minimum atomic E-state index is -0.0266. The van der Waals surface area contributed by atoms with Gasteiger partial charge < -0.3 is 0 Å². The Morgan fingerprint density at radius 3 is 2.81 bits per heavy atom. The minimum absolute atomic E-state index is 0.0266. The minimum Gasteiger partial charge on any atom is -0.294 e. The number of hydrogen-bond donors (Lipinski definition) is 2. The molecule has 1 saturated heterocycles. The molecule has 0 saturated carbocycles. The highest BCUT2D eigenvalue weighted by atomic mass is 32.2. The van der Waals surface area contributed by atoms with Crippen LogP contribution in [0, 0.1) is 5.92 Å². The Kier molecular flexibility index (Phi) is 3.85. The highest BCUT2D eigenvalue weighted by Crippen LogP contribution is 2.40. The second-order valence-electron chi connectivity index (χ2n) is 4.00. The van der Waals surface area contributed by atoms with E-state index in [1.807, 2.05) is 30.0 Å². The smallest absolute Gasteiger partial charge is 0.237 e. The molecule has 2 atom stereocenters. The molecule has 0 aromatic heterocycles. The molecule has 2 rings (SSSR count). The lowest BCUT2D eigenvalue weighted by Gasteiger charge is -2.27. The van der Waals surface area contributed by atoms with E-state index < -0.39 is 0 Å². The van der Waals surface area contributed by atoms with Gasteiger partial charge in [0.15, 0.2) is 0 Å². The van der Waals surface area contributed by atoms with Gasteiger partial charge in [-0.1, -0.05) is 30.3 Å². The monoisotopic (exact) mass is 236 g/mol. The third kappa shape index (κ3) is 2.57. The molecule has 4 heteroatoms. The summed E-state index contributed by atoms with van der Waals surface area (Å²) in [6, 6.07) is 10.4. The van der Waals surface area contributed by atoms with Crippen LogP contribution >= 0.6 is 11.8 Å². The standard InChI is InChI=1S/C12H16N2OS/c13-14-12(15)10-6-7-16-11(8-10)9-4-2-1-3-5-9/h1-5,10-11H,6-8,13H2,(H,14,15). The molecule has 16 heavy (non-hydrogen) atoms. The zero-order valence-electron chi connectivity index (χ0n) is 9.06. The lowest BCUT2D eigenvalue weighted by Crippen LogP contribution is -2.37. The van der Waals surface area contributed by atoms with Crippen molar-refractivity contribution in [1.82, 2.24) is 5.43 Å². The molecule has 0 bridgehead atoms. The Balaban J connectivity index is 2.05. The third-order valence-corrected chi connectivity index (χ3v) is 4.31. The molecule has 3 nitrogen and oxygen atoms in total. The van der Waals surface area contributed by atoms with E-state index in [0.717, 1.165) is 18.6 Å². The summed E-state index contributed by atoms with van der Waals surface area (Å²) in [4.78, 5) is 11.5. The van der Waals surface area contributed by atoms with Gasteiger partial charge >= 0.3 is 0 Å². The fraction of sp³-hybridized carbons (Fsp3) is 0.417. The fourth-order valence-electron chi connectivity index (χ4n) is 2.05. The molecule has 1 amide bonds. The highest BCUT2D eigenvalue weighted by Gasteiger charge is 2.27. The largest absolute Gasteiger partial charge is 0.294 e. The molecule has 1 heterocycles. The van der Waals surface area contributed by atoms with Crippen molar-refractivity contribution in [2.24, 2.45) is 11.8 Å². The fourth-order valence-corrected chi connectivity index (χ4v) is 3.48. The van der Waals surface area contributed by atoms with Crippen LogP contribution in [-0.4, -0.2) is 11.7 Å². The molecule has 0 spiro atoms. The molecule has 86 valence electrons. The van der Waals surface area contributed by atoms with Crippen molar-refractivity contribution in [1.29, 1.82) is 0 Å². The van der Waals surface area contributed by atoms with E-state index in [1.54, 1.807) is 0 Å². The first kappa shape index (κ1) is 11.5. The molecular weight excluding hydrogens is 220 g/mol. The zero-order chi connectivity index (χ0) is 11.4. The van der Waals surface area contributed by atoms with Crippen molar-refractivity contribution in [3.63, 3.8) is 0 Å². The average molecular weight is 236 g/mol. The van der Waals surface area contributed by atoms with Crippen molar-refractivity contribution in [2.45, 2.75) is 18.1 Å². The predicted molar refractivity (Wildman–Crippen MR) is 66.7 cm³/mol. The summed E-state index contributed by atoms with van der Waals surface area (Å²) in [6.07, 6.45) is 1.81. The number of thioether (sulfide) groups is 1. The molecule has 1 aromatic rings. The molecule has 1 aliphatic rings. The van der Waals surface area contributed by atoms with Gasteiger partial charge in [-0.3, -0.25) is 10.2 Å². The number of hydrogen-bond acceptors (Lipinski definition) is 3. The lowest BCUT2D eigenvalue weighted by atomic mass is 9.95. The van der Waals surface area contributed by atoms with E-state index in [-0.39, 0.29) is 11.8 Å². The zero-order valence-corrected chi connectivity index (χ0v) is 9.87. The quantitative estimate of drug-likeness (QED) is 0.468. The Bertz CT molecular complexity index is 355. The van der Waals surface area contributed by atoms with Crippen molar-refractivity contribution >= 4 is 17.7 Å². The number of carbonyl (C=O) groups excluding carboxylic acids is 1. The summed E-state index contributed by atoms with van der Waals surface area (Å²) in [5.74, 6) is 6.25. The number of nitrogens with two attached hydrogens (primary N) is 1. The van der Waals surface area contributed by atoms with Crippen LogP contribution in [0.1, 0.15) is 23.7 Å². The Labute approximate surface area is 99.8 Å². The van der Waals surface area contributed by atoms with Gasteiger partial charge in [-0.25, -0.2) is 5.84 Å². The van der Waals surface area contributed by atoms with E-state index in [9.17, 15) is 4.79 Å². The van der Waals surface area contributed by atoms with Crippen LogP contribution in [0.25, 0.3) is 0 Å². The predicted octanol–water partition coefficient (Wildman–Crippen LogP) is 1.86. The van der Waals surface area contributed by atoms with Crippen LogP contribution in [-0.2, 0) is 4.79 Å². The van der Waals surface area contributed by atoms with E-state index in [2.05, 4.69) is 17.6 Å². The molecule has 2 unspecified atom stereocenters. The Morgan fingerprint density at radius 1 is 1.38 bits per heavy atom. The Hall–Kier alpha value is -1.00. The van der Waals surface area contributed by atoms with Crippen LogP contribution < -0.4 is 11.3 Å². The first-order valence-corrected chi connectivity index (χ1v) is 6.53. The van der Waals surface area contributed by atoms with Crippen LogP contribution in [0.4, 0.5) is 0 Å². The maximum Gasteiger partial charge on any atom is 0.237 e. The van der Waals surface area contributed by atoms with Gasteiger partial charge in [0, 0.05) is 11.2 Å². The van der Waals surface area contributed by atoms with Crippen LogP contribution in [0.2, 0.25) is 0 Å². The summed E-state index contributed by atoms with van der Waals surface area (Å²) in [5, 5.41) is 0.428. The van der Waals surface area contributed by atoms with Crippen molar-refractivity contribution in [3.05, 3.63) is 35.9 Å². The number of benzene rings is 1. The first-order valence-electron chi connectivity index (χ1n) is 5.48. The van der Waals surface area contributed by atoms with E-state index >= 15 is 0 Å². The maximum absolute atomic E-state index is 11.5. The average Bonchev–Trinajstić information content (AvgIpc) is 2.39. The van der Waals surface area contributed by atoms with Crippen LogP contribution in [0.15, 0.2) is 30.3 Å². The summed E-state index contributed by atoms with van der Waals surface area (Å²) in [7, 11) is 0. The van der Waals surface area contributed by atoms with Gasteiger partial charge in [0.1, 0.15) is 0 Å². The number of nitrogens with one attached hydrogen (secondary N) is 1. The van der Waals surface area contributed by atoms with Gasteiger partial charge in [-0.2, -0.15) is 11.8 Å². The summed E-state index contributed by atoms with van der Waals surface area (Å²) >= 11 is 1.93. The third-order valence-electron chi connectivity index (χ3n) is 2.97. The van der Waals surface area contributed by atoms with Crippen molar-refractivity contribution < 1.29 is 4.79 Å². The topological polar surface area (TPSA) is 55.1 Å². The molecular formula is C12H16N2OS. The van der Waals surface area contributed by atoms with Crippen molar-refractivity contribution in [3.8, 4) is 0 Å². The number of amides is 1. The second-order valence-corrected chi connectivity index (χ2v) is 5.31. The van der Waals surface area contributed by atoms with Gasteiger partial charge in [0.25, 0.3) is 0 Å². The summed E-state index contributed by atoms with van der Waals surface area (Å²) in [5.41, 5.74) is 3.57. The number of hydrazine groups is 1. The molecule has 1 aromatic carbocycles. The van der Waals surface area contributed by atoms with E-state index in [1.165, 1.54) is 5.56 Å². The molecule has 3 N–H and O–H groups in total. The summed E-state index contributed by atoms with van der Waals surface area (Å²) in [6.45, 7) is 0. The number of rotatable bonds is 2. The normalized spacial score (nSPS) is 25.1. The van der Waals surface area contributed by atoms with E-state index in [0.29, 0.717) is 5.25 Å². The number of carbonyl (C=O) groups is 1. The second kappa shape index (κ2) is 5.37. The molecule has 0 radical (unpaired) electrons. The maximum atomic E-state index is 11.5.